The highest BCUT2D eigenvalue weighted by Gasteiger charge is 2.31. The maximum absolute atomic E-state index is 12.6. The van der Waals surface area contributed by atoms with Gasteiger partial charge in [0.1, 0.15) is 0 Å². The van der Waals surface area contributed by atoms with Crippen LogP contribution in [0.4, 0.5) is 4.79 Å². The Hall–Kier alpha value is -1.26. The van der Waals surface area contributed by atoms with E-state index >= 15 is 0 Å². The minimum Gasteiger partial charge on any atom is -0.481 e. The van der Waals surface area contributed by atoms with Crippen molar-refractivity contribution in [1.29, 1.82) is 0 Å². The highest BCUT2D eigenvalue weighted by atomic mass is 16.4. The van der Waals surface area contributed by atoms with Crippen LogP contribution in [0.3, 0.4) is 0 Å². The molecule has 5 nitrogen and oxygen atoms in total. The van der Waals surface area contributed by atoms with Crippen LogP contribution in [0.25, 0.3) is 0 Å². The molecule has 5 heteroatoms. The fraction of sp³-hybridized carbons (Fsp3) is 0.882. The van der Waals surface area contributed by atoms with Gasteiger partial charge in [0.05, 0.1) is 5.92 Å². The third-order valence-corrected chi connectivity index (χ3v) is 4.99. The molecule has 0 aliphatic heterocycles. The van der Waals surface area contributed by atoms with Gasteiger partial charge in [0, 0.05) is 18.6 Å². The minimum absolute atomic E-state index is 0.0550. The van der Waals surface area contributed by atoms with Gasteiger partial charge >= 0.3 is 12.0 Å². The number of hydrogen-bond donors (Lipinski definition) is 2. The second-order valence-electron chi connectivity index (χ2n) is 7.32. The summed E-state index contributed by atoms with van der Waals surface area (Å²) in [5, 5.41) is 12.2. The molecule has 0 aromatic carbocycles. The minimum atomic E-state index is -0.697. The summed E-state index contributed by atoms with van der Waals surface area (Å²) < 4.78 is 0. The summed E-state index contributed by atoms with van der Waals surface area (Å²) in [6, 6.07) is 0.580. The average molecular weight is 310 g/mol. The van der Waals surface area contributed by atoms with Gasteiger partial charge in [-0.15, -0.1) is 0 Å². The highest BCUT2D eigenvalue weighted by molar-refractivity contribution is 5.75. The number of amides is 2. The standard InChI is InChI=1S/C17H30N2O3/c1-12(2)11-19(15-5-3-4-6-15)17(22)18-14-9-7-13(8-10-14)16(20)21/h12-15H,3-11H2,1-2H3,(H,18,22)(H,20,21). The fourth-order valence-corrected chi connectivity index (χ4v) is 3.75. The molecule has 0 unspecified atom stereocenters. The van der Waals surface area contributed by atoms with Crippen molar-refractivity contribution in [1.82, 2.24) is 10.2 Å². The van der Waals surface area contributed by atoms with E-state index in [2.05, 4.69) is 19.2 Å². The summed E-state index contributed by atoms with van der Waals surface area (Å²) in [4.78, 5) is 25.7. The zero-order chi connectivity index (χ0) is 16.1. The van der Waals surface area contributed by atoms with Gasteiger partial charge in [-0.25, -0.2) is 4.79 Å². The van der Waals surface area contributed by atoms with E-state index in [4.69, 9.17) is 5.11 Å². The van der Waals surface area contributed by atoms with E-state index in [9.17, 15) is 9.59 Å². The van der Waals surface area contributed by atoms with Gasteiger partial charge in [0.25, 0.3) is 0 Å². The van der Waals surface area contributed by atoms with E-state index in [0.29, 0.717) is 24.8 Å². The molecule has 0 atom stereocenters. The van der Waals surface area contributed by atoms with Crippen molar-refractivity contribution in [3.8, 4) is 0 Å². The number of carboxylic acids is 1. The molecule has 0 bridgehead atoms. The zero-order valence-corrected chi connectivity index (χ0v) is 13.9. The van der Waals surface area contributed by atoms with Crippen LogP contribution >= 0.6 is 0 Å². The van der Waals surface area contributed by atoms with Crippen molar-refractivity contribution in [2.24, 2.45) is 11.8 Å². The molecule has 0 spiro atoms. The molecule has 2 amide bonds. The summed E-state index contributed by atoms with van der Waals surface area (Å²) in [6.45, 7) is 5.10. The Labute approximate surface area is 133 Å². The fourth-order valence-electron chi connectivity index (χ4n) is 3.75. The number of nitrogens with one attached hydrogen (secondary N) is 1. The number of nitrogens with zero attached hydrogens (tertiary/aromatic N) is 1. The Morgan fingerprint density at radius 3 is 2.18 bits per heavy atom. The molecule has 0 radical (unpaired) electrons. The van der Waals surface area contributed by atoms with Gasteiger partial charge in [-0.1, -0.05) is 26.7 Å². The number of carbonyl (C=O) groups is 2. The first-order chi connectivity index (χ1) is 10.5. The third kappa shape index (κ3) is 4.62. The quantitative estimate of drug-likeness (QED) is 0.819. The molecule has 0 aromatic rings. The van der Waals surface area contributed by atoms with Crippen molar-refractivity contribution >= 4 is 12.0 Å². The molecule has 2 rings (SSSR count). The molecule has 0 aromatic heterocycles. The number of urea groups is 1. The monoisotopic (exact) mass is 310 g/mol. The van der Waals surface area contributed by atoms with E-state index in [-0.39, 0.29) is 18.0 Å². The Morgan fingerprint density at radius 1 is 1.09 bits per heavy atom. The lowest BCUT2D eigenvalue weighted by Crippen LogP contribution is -2.50. The van der Waals surface area contributed by atoms with Gasteiger partial charge in [-0.3, -0.25) is 4.79 Å². The normalized spacial score (nSPS) is 26.1. The number of rotatable bonds is 5. The molecule has 2 aliphatic rings. The van der Waals surface area contributed by atoms with Crippen LogP contribution in [-0.2, 0) is 4.79 Å². The van der Waals surface area contributed by atoms with E-state index < -0.39 is 5.97 Å². The third-order valence-electron chi connectivity index (χ3n) is 4.99. The highest BCUT2D eigenvalue weighted by Crippen LogP contribution is 2.27. The van der Waals surface area contributed by atoms with Crippen LogP contribution in [0.1, 0.15) is 65.2 Å². The van der Waals surface area contributed by atoms with Crippen molar-refractivity contribution in [2.45, 2.75) is 77.3 Å². The lowest BCUT2D eigenvalue weighted by Gasteiger charge is -2.34. The van der Waals surface area contributed by atoms with Crippen LogP contribution in [0.5, 0.6) is 0 Å². The van der Waals surface area contributed by atoms with Crippen LogP contribution in [0.15, 0.2) is 0 Å². The van der Waals surface area contributed by atoms with Gasteiger partial charge in [-0.05, 0) is 44.4 Å². The first kappa shape index (κ1) is 17.1. The smallest absolute Gasteiger partial charge is 0.317 e. The molecule has 2 aliphatic carbocycles. The molecule has 2 saturated carbocycles. The summed E-state index contributed by atoms with van der Waals surface area (Å²) in [7, 11) is 0. The largest absolute Gasteiger partial charge is 0.481 e. The first-order valence-electron chi connectivity index (χ1n) is 8.77. The lowest BCUT2D eigenvalue weighted by atomic mass is 9.86. The number of carboxylic acid groups (broad SMARTS) is 1. The maximum Gasteiger partial charge on any atom is 0.317 e. The summed E-state index contributed by atoms with van der Waals surface area (Å²) in [6.07, 6.45) is 7.58. The Balaban J connectivity index is 1.86. The molecule has 22 heavy (non-hydrogen) atoms. The van der Waals surface area contributed by atoms with Crippen molar-refractivity contribution < 1.29 is 14.7 Å². The van der Waals surface area contributed by atoms with Gasteiger partial charge in [0.15, 0.2) is 0 Å². The summed E-state index contributed by atoms with van der Waals surface area (Å²) in [5.41, 5.74) is 0. The second kappa shape index (κ2) is 7.84. The molecule has 0 heterocycles. The van der Waals surface area contributed by atoms with Gasteiger partial charge in [-0.2, -0.15) is 0 Å². The van der Waals surface area contributed by atoms with Crippen molar-refractivity contribution in [3.05, 3.63) is 0 Å². The molecule has 0 saturated heterocycles. The summed E-state index contributed by atoms with van der Waals surface area (Å²) >= 11 is 0. The zero-order valence-electron chi connectivity index (χ0n) is 13.9. The van der Waals surface area contributed by atoms with Gasteiger partial charge in [0.2, 0.25) is 0 Å². The molecular weight excluding hydrogens is 280 g/mol. The van der Waals surface area contributed by atoms with E-state index in [1.165, 1.54) is 12.8 Å². The maximum atomic E-state index is 12.6. The lowest BCUT2D eigenvalue weighted by molar-refractivity contribution is -0.142. The predicted octanol–water partition coefficient (Wildman–Crippen LogP) is 3.24. The second-order valence-corrected chi connectivity index (χ2v) is 7.32. The van der Waals surface area contributed by atoms with Crippen molar-refractivity contribution in [3.63, 3.8) is 0 Å². The first-order valence-corrected chi connectivity index (χ1v) is 8.77. The molecule has 126 valence electrons. The molecular formula is C17H30N2O3. The van der Waals surface area contributed by atoms with Crippen molar-refractivity contribution in [2.75, 3.05) is 6.54 Å². The average Bonchev–Trinajstić information content (AvgIpc) is 2.99. The Kier molecular flexibility index (Phi) is 6.09. The number of hydrogen-bond acceptors (Lipinski definition) is 2. The number of carbonyl (C=O) groups excluding carboxylic acids is 1. The topological polar surface area (TPSA) is 69.6 Å². The summed E-state index contributed by atoms with van der Waals surface area (Å²) in [5.74, 6) is -0.457. The predicted molar refractivity (Wildman–Crippen MR) is 85.7 cm³/mol. The Bertz CT molecular complexity index is 383. The van der Waals surface area contributed by atoms with Gasteiger partial charge < -0.3 is 15.3 Å². The molecule has 2 N–H and O–H groups in total. The van der Waals surface area contributed by atoms with Crippen LogP contribution in [0.2, 0.25) is 0 Å². The number of aliphatic carboxylic acids is 1. The van der Waals surface area contributed by atoms with E-state index in [1.54, 1.807) is 0 Å². The van der Waals surface area contributed by atoms with Crippen LogP contribution in [-0.4, -0.2) is 40.6 Å². The van der Waals surface area contributed by atoms with Crippen LogP contribution in [0, 0.1) is 11.8 Å². The Morgan fingerprint density at radius 2 is 1.68 bits per heavy atom. The SMILES string of the molecule is CC(C)CN(C(=O)NC1CCC(C(=O)O)CC1)C1CCCC1. The van der Waals surface area contributed by atoms with E-state index in [0.717, 1.165) is 32.2 Å². The van der Waals surface area contributed by atoms with Crippen LogP contribution < -0.4 is 5.32 Å². The molecule has 2 fully saturated rings. The van der Waals surface area contributed by atoms with E-state index in [1.807, 2.05) is 4.90 Å².